The molecule has 1 aromatic carbocycles. The summed E-state index contributed by atoms with van der Waals surface area (Å²) in [5.74, 6) is -0.188. The van der Waals surface area contributed by atoms with Crippen LogP contribution in [-0.4, -0.2) is 34.2 Å². The Kier molecular flexibility index (Phi) is 6.73. The average molecular weight is 403 g/mol. The van der Waals surface area contributed by atoms with Gasteiger partial charge in [0.15, 0.2) is 0 Å². The van der Waals surface area contributed by atoms with Crippen molar-refractivity contribution in [2.24, 2.45) is 0 Å². The first-order valence-electron chi connectivity index (χ1n) is 9.85. The number of aryl methyl sites for hydroxylation is 1. The van der Waals surface area contributed by atoms with Crippen LogP contribution in [-0.2, 0) is 4.79 Å². The topological polar surface area (TPSA) is 76.0 Å². The van der Waals surface area contributed by atoms with Crippen molar-refractivity contribution in [2.45, 2.75) is 58.4 Å². The number of nitrogens with one attached hydrogen (secondary N) is 2. The summed E-state index contributed by atoms with van der Waals surface area (Å²) in [6.07, 6.45) is 6.04. The number of carbonyl (C=O) groups excluding carboxylic acids is 2. The van der Waals surface area contributed by atoms with Gasteiger partial charge in [0.2, 0.25) is 5.91 Å². The second-order valence-corrected chi connectivity index (χ2v) is 7.73. The van der Waals surface area contributed by atoms with Crippen molar-refractivity contribution in [3.63, 3.8) is 0 Å². The molecule has 0 bridgehead atoms. The van der Waals surface area contributed by atoms with E-state index in [0.29, 0.717) is 29.6 Å². The van der Waals surface area contributed by atoms with Gasteiger partial charge in [0, 0.05) is 24.6 Å². The maximum atomic E-state index is 12.3. The van der Waals surface area contributed by atoms with Gasteiger partial charge < -0.3 is 10.6 Å². The Morgan fingerprint density at radius 1 is 1.14 bits per heavy atom. The van der Waals surface area contributed by atoms with E-state index >= 15 is 0 Å². The molecule has 1 aromatic heterocycles. The lowest BCUT2D eigenvalue weighted by Gasteiger charge is -2.22. The number of carbonyl (C=O) groups is 2. The molecule has 28 heavy (non-hydrogen) atoms. The maximum absolute atomic E-state index is 12.3. The fraction of sp³-hybridized carbons (Fsp3) is 0.476. The van der Waals surface area contributed by atoms with Gasteiger partial charge in [-0.05, 0) is 51.0 Å². The highest BCUT2D eigenvalue weighted by Gasteiger charge is 2.16. The first-order chi connectivity index (χ1) is 13.5. The van der Waals surface area contributed by atoms with Crippen molar-refractivity contribution in [1.82, 2.24) is 20.4 Å². The summed E-state index contributed by atoms with van der Waals surface area (Å²) < 4.78 is 1.76. The molecule has 1 saturated carbocycles. The van der Waals surface area contributed by atoms with E-state index in [1.165, 1.54) is 19.3 Å². The molecule has 0 unspecified atom stereocenters. The van der Waals surface area contributed by atoms with Gasteiger partial charge in [0.25, 0.3) is 5.91 Å². The van der Waals surface area contributed by atoms with Crippen LogP contribution in [0.2, 0.25) is 5.02 Å². The quantitative estimate of drug-likeness (QED) is 0.773. The molecule has 3 rings (SSSR count). The van der Waals surface area contributed by atoms with Gasteiger partial charge in [-0.2, -0.15) is 5.10 Å². The smallest absolute Gasteiger partial charge is 0.251 e. The van der Waals surface area contributed by atoms with Crippen LogP contribution in [0.5, 0.6) is 0 Å². The zero-order valence-corrected chi connectivity index (χ0v) is 17.2. The average Bonchev–Trinajstić information content (AvgIpc) is 2.96. The van der Waals surface area contributed by atoms with E-state index in [2.05, 4.69) is 15.7 Å². The van der Waals surface area contributed by atoms with Gasteiger partial charge in [-0.1, -0.05) is 30.9 Å². The Bertz CT molecular complexity index is 839. The molecule has 2 aromatic rings. The van der Waals surface area contributed by atoms with Crippen LogP contribution in [0, 0.1) is 13.8 Å². The number of amides is 2. The van der Waals surface area contributed by atoms with E-state index in [0.717, 1.165) is 29.9 Å². The second-order valence-electron chi connectivity index (χ2n) is 7.35. The predicted octanol–water partition coefficient (Wildman–Crippen LogP) is 3.71. The Balaban J connectivity index is 1.49. The molecular formula is C21H27ClN4O2. The SMILES string of the molecule is Cc1nn(-c2ccc(C(=O)NCCC(=O)NC3CCCCC3)cc2)c(C)c1Cl. The summed E-state index contributed by atoms with van der Waals surface area (Å²) >= 11 is 6.19. The van der Waals surface area contributed by atoms with E-state index in [-0.39, 0.29) is 11.8 Å². The third-order valence-electron chi connectivity index (χ3n) is 5.18. The van der Waals surface area contributed by atoms with Crippen molar-refractivity contribution in [1.29, 1.82) is 0 Å². The van der Waals surface area contributed by atoms with E-state index in [1.54, 1.807) is 16.8 Å². The number of rotatable bonds is 6. The van der Waals surface area contributed by atoms with Crippen LogP contribution in [0.3, 0.4) is 0 Å². The zero-order valence-electron chi connectivity index (χ0n) is 16.4. The molecule has 1 heterocycles. The van der Waals surface area contributed by atoms with Crippen molar-refractivity contribution in [3.05, 3.63) is 46.2 Å². The van der Waals surface area contributed by atoms with Crippen molar-refractivity contribution >= 4 is 23.4 Å². The van der Waals surface area contributed by atoms with Gasteiger partial charge in [0.1, 0.15) is 0 Å². The summed E-state index contributed by atoms with van der Waals surface area (Å²) in [5, 5.41) is 10.9. The second kappa shape index (κ2) is 9.24. The van der Waals surface area contributed by atoms with Crippen molar-refractivity contribution in [2.75, 3.05) is 6.54 Å². The lowest BCUT2D eigenvalue weighted by Crippen LogP contribution is -2.38. The molecule has 0 radical (unpaired) electrons. The number of hydrogen-bond acceptors (Lipinski definition) is 3. The van der Waals surface area contributed by atoms with E-state index < -0.39 is 0 Å². The summed E-state index contributed by atoms with van der Waals surface area (Å²) in [5.41, 5.74) is 3.02. The highest BCUT2D eigenvalue weighted by molar-refractivity contribution is 6.31. The predicted molar refractivity (Wildman–Crippen MR) is 110 cm³/mol. The van der Waals surface area contributed by atoms with Gasteiger partial charge in [-0.25, -0.2) is 4.68 Å². The highest BCUT2D eigenvalue weighted by Crippen LogP contribution is 2.22. The standard InChI is InChI=1S/C21H27ClN4O2/c1-14-20(22)15(2)26(25-14)18-10-8-16(9-11-18)21(28)23-13-12-19(27)24-17-6-4-3-5-7-17/h8-11,17H,3-7,12-13H2,1-2H3,(H,23,28)(H,24,27). The van der Waals surface area contributed by atoms with Crippen molar-refractivity contribution < 1.29 is 9.59 Å². The molecule has 0 atom stereocenters. The van der Waals surface area contributed by atoms with Crippen LogP contribution < -0.4 is 10.6 Å². The molecule has 7 heteroatoms. The molecule has 6 nitrogen and oxygen atoms in total. The molecule has 150 valence electrons. The maximum Gasteiger partial charge on any atom is 0.251 e. The Morgan fingerprint density at radius 3 is 2.43 bits per heavy atom. The number of aromatic nitrogens is 2. The van der Waals surface area contributed by atoms with Gasteiger partial charge in [0.05, 0.1) is 22.1 Å². The molecule has 1 aliphatic carbocycles. The van der Waals surface area contributed by atoms with Gasteiger partial charge in [-0.15, -0.1) is 0 Å². The normalized spacial score (nSPS) is 14.7. The lowest BCUT2D eigenvalue weighted by molar-refractivity contribution is -0.121. The lowest BCUT2D eigenvalue weighted by atomic mass is 9.95. The minimum Gasteiger partial charge on any atom is -0.353 e. The minimum atomic E-state index is -0.191. The summed E-state index contributed by atoms with van der Waals surface area (Å²) in [6.45, 7) is 4.09. The molecular weight excluding hydrogens is 376 g/mol. The summed E-state index contributed by atoms with van der Waals surface area (Å²) in [6, 6.07) is 7.46. The van der Waals surface area contributed by atoms with Crippen LogP contribution in [0.4, 0.5) is 0 Å². The Hall–Kier alpha value is -2.34. The van der Waals surface area contributed by atoms with Crippen LogP contribution in [0.15, 0.2) is 24.3 Å². The Labute approximate surface area is 170 Å². The summed E-state index contributed by atoms with van der Waals surface area (Å²) in [7, 11) is 0. The molecule has 2 N–H and O–H groups in total. The van der Waals surface area contributed by atoms with E-state index in [9.17, 15) is 9.59 Å². The van der Waals surface area contributed by atoms with Crippen molar-refractivity contribution in [3.8, 4) is 5.69 Å². The fourth-order valence-corrected chi connectivity index (χ4v) is 3.69. The first kappa shape index (κ1) is 20.4. The van der Waals surface area contributed by atoms with Gasteiger partial charge in [-0.3, -0.25) is 9.59 Å². The number of benzene rings is 1. The molecule has 0 aliphatic heterocycles. The molecule has 1 fully saturated rings. The monoisotopic (exact) mass is 402 g/mol. The third-order valence-corrected chi connectivity index (χ3v) is 5.73. The largest absolute Gasteiger partial charge is 0.353 e. The van der Waals surface area contributed by atoms with Gasteiger partial charge >= 0.3 is 0 Å². The fourth-order valence-electron chi connectivity index (χ4n) is 3.57. The number of halogens is 1. The highest BCUT2D eigenvalue weighted by atomic mass is 35.5. The van der Waals surface area contributed by atoms with Crippen LogP contribution >= 0.6 is 11.6 Å². The number of nitrogens with zero attached hydrogens (tertiary/aromatic N) is 2. The summed E-state index contributed by atoms with van der Waals surface area (Å²) in [4.78, 5) is 24.3. The molecule has 0 saturated heterocycles. The van der Waals surface area contributed by atoms with E-state index in [4.69, 9.17) is 11.6 Å². The molecule has 2 amide bonds. The molecule has 1 aliphatic rings. The Morgan fingerprint density at radius 2 is 1.82 bits per heavy atom. The minimum absolute atomic E-state index is 0.00366. The van der Waals surface area contributed by atoms with E-state index in [1.807, 2.05) is 26.0 Å². The first-order valence-corrected chi connectivity index (χ1v) is 10.2. The molecule has 0 spiro atoms. The van der Waals surface area contributed by atoms with Crippen LogP contribution in [0.25, 0.3) is 5.69 Å². The third kappa shape index (κ3) is 4.93. The number of hydrogen-bond donors (Lipinski definition) is 2. The zero-order chi connectivity index (χ0) is 20.1. The van der Waals surface area contributed by atoms with Crippen LogP contribution in [0.1, 0.15) is 60.3 Å².